The minimum absolute atomic E-state index is 0.0656. The molecule has 0 bridgehead atoms. The third-order valence-corrected chi connectivity index (χ3v) is 4.30. The summed E-state index contributed by atoms with van der Waals surface area (Å²) in [5, 5.41) is 11.9. The highest BCUT2D eigenvalue weighted by Crippen LogP contribution is 2.32. The van der Waals surface area contributed by atoms with Gasteiger partial charge in [-0.1, -0.05) is 13.3 Å². The molecule has 1 aliphatic rings. The van der Waals surface area contributed by atoms with Crippen molar-refractivity contribution in [2.45, 2.75) is 50.6 Å². The fraction of sp³-hybridized carbons (Fsp3) is 0.692. The van der Waals surface area contributed by atoms with Gasteiger partial charge in [0.15, 0.2) is 0 Å². The van der Waals surface area contributed by atoms with E-state index >= 15 is 0 Å². The van der Waals surface area contributed by atoms with Crippen LogP contribution in [-0.2, 0) is 4.79 Å². The molecule has 3 unspecified atom stereocenters. The monoisotopic (exact) mass is 284 g/mol. The van der Waals surface area contributed by atoms with E-state index in [2.05, 4.69) is 11.2 Å². The van der Waals surface area contributed by atoms with Crippen molar-refractivity contribution in [1.82, 2.24) is 10.2 Å². The van der Waals surface area contributed by atoms with Crippen LogP contribution in [0, 0.1) is 12.3 Å². The van der Waals surface area contributed by atoms with Crippen LogP contribution in [0.1, 0.15) is 33.1 Å². The van der Waals surface area contributed by atoms with Crippen LogP contribution >= 0.6 is 11.8 Å². The van der Waals surface area contributed by atoms with Crippen molar-refractivity contribution in [3.8, 4) is 12.3 Å². The Morgan fingerprint density at radius 2 is 2.32 bits per heavy atom. The molecule has 2 N–H and O–H groups in total. The molecule has 19 heavy (non-hydrogen) atoms. The predicted octanol–water partition coefficient (Wildman–Crippen LogP) is 1.74. The summed E-state index contributed by atoms with van der Waals surface area (Å²) in [6.07, 6.45) is 7.34. The maximum Gasteiger partial charge on any atom is 0.327 e. The number of rotatable bonds is 5. The molecule has 1 fully saturated rings. The van der Waals surface area contributed by atoms with E-state index in [0.717, 1.165) is 12.8 Å². The number of carbonyl (C=O) groups excluding carboxylic acids is 1. The Labute approximate surface area is 118 Å². The number of carboxylic acids is 1. The second kappa shape index (κ2) is 7.29. The average molecular weight is 284 g/mol. The molecular formula is C13H20N2O3S. The Balaban J connectivity index is 2.74. The molecule has 0 aromatic heterocycles. The number of carboxylic acid groups (broad SMARTS) is 1. The Hall–Kier alpha value is -1.35. The number of hydrogen-bond acceptors (Lipinski definition) is 3. The minimum atomic E-state index is -0.953. The lowest BCUT2D eigenvalue weighted by atomic mass is 10.2. The molecule has 0 radical (unpaired) electrons. The summed E-state index contributed by atoms with van der Waals surface area (Å²) in [7, 11) is 0. The molecule has 0 spiro atoms. The topological polar surface area (TPSA) is 69.6 Å². The summed E-state index contributed by atoms with van der Waals surface area (Å²) in [5.74, 6) is 1.97. The van der Waals surface area contributed by atoms with E-state index in [1.807, 2.05) is 13.8 Å². The van der Waals surface area contributed by atoms with Crippen molar-refractivity contribution in [3.63, 3.8) is 0 Å². The van der Waals surface area contributed by atoms with Crippen molar-refractivity contribution in [2.24, 2.45) is 0 Å². The first-order chi connectivity index (χ1) is 9.01. The van der Waals surface area contributed by atoms with Gasteiger partial charge in [-0.15, -0.1) is 24.1 Å². The number of nitrogens with zero attached hydrogens (tertiary/aromatic N) is 1. The molecule has 1 saturated heterocycles. The Morgan fingerprint density at radius 1 is 1.63 bits per heavy atom. The zero-order chi connectivity index (χ0) is 14.4. The van der Waals surface area contributed by atoms with Gasteiger partial charge in [0.25, 0.3) is 0 Å². The van der Waals surface area contributed by atoms with E-state index in [9.17, 15) is 14.7 Å². The number of amides is 2. The Morgan fingerprint density at radius 3 is 2.84 bits per heavy atom. The maximum absolute atomic E-state index is 12.2. The van der Waals surface area contributed by atoms with Crippen molar-refractivity contribution < 1.29 is 14.7 Å². The number of hydrogen-bond donors (Lipinski definition) is 2. The van der Waals surface area contributed by atoms with Gasteiger partial charge >= 0.3 is 12.0 Å². The van der Waals surface area contributed by atoms with Crippen LogP contribution in [0.4, 0.5) is 4.79 Å². The maximum atomic E-state index is 12.2. The molecule has 5 nitrogen and oxygen atoms in total. The fourth-order valence-corrected chi connectivity index (χ4v) is 3.52. The van der Waals surface area contributed by atoms with E-state index in [-0.39, 0.29) is 17.4 Å². The highest BCUT2D eigenvalue weighted by molar-refractivity contribution is 8.00. The molecular weight excluding hydrogens is 264 g/mol. The quantitative estimate of drug-likeness (QED) is 0.754. The van der Waals surface area contributed by atoms with E-state index in [4.69, 9.17) is 6.42 Å². The summed E-state index contributed by atoms with van der Waals surface area (Å²) < 4.78 is 0. The standard InChI is InChI=1S/C13H20N2O3S/c1-4-6-9(3)14-13(18)15-10(12(16)17)8-19-11(15)7-5-2/h1,9-11H,5-8H2,2-3H3,(H,14,18)(H,16,17). The molecule has 106 valence electrons. The molecule has 0 aromatic rings. The van der Waals surface area contributed by atoms with Gasteiger partial charge in [0.1, 0.15) is 6.04 Å². The summed E-state index contributed by atoms with van der Waals surface area (Å²) >= 11 is 1.52. The normalized spacial score (nSPS) is 23.7. The Kier molecular flexibility index (Phi) is 6.03. The molecule has 3 atom stereocenters. The van der Waals surface area contributed by atoms with E-state index in [1.54, 1.807) is 0 Å². The van der Waals surface area contributed by atoms with Gasteiger partial charge in [-0.3, -0.25) is 4.90 Å². The lowest BCUT2D eigenvalue weighted by molar-refractivity contribution is -0.141. The third kappa shape index (κ3) is 4.06. The van der Waals surface area contributed by atoms with E-state index in [1.165, 1.54) is 16.7 Å². The van der Waals surface area contributed by atoms with Crippen LogP contribution in [0.25, 0.3) is 0 Å². The van der Waals surface area contributed by atoms with Gasteiger partial charge in [-0.2, -0.15) is 0 Å². The summed E-state index contributed by atoms with van der Waals surface area (Å²) in [5.41, 5.74) is 0. The van der Waals surface area contributed by atoms with Crippen molar-refractivity contribution >= 4 is 23.8 Å². The second-order valence-corrected chi connectivity index (χ2v) is 5.81. The highest BCUT2D eigenvalue weighted by Gasteiger charge is 2.41. The van der Waals surface area contributed by atoms with Crippen LogP contribution in [0.3, 0.4) is 0 Å². The zero-order valence-corrected chi connectivity index (χ0v) is 12.1. The van der Waals surface area contributed by atoms with Crippen LogP contribution in [0.15, 0.2) is 0 Å². The molecule has 1 rings (SSSR count). The first-order valence-electron chi connectivity index (χ1n) is 6.38. The number of carbonyl (C=O) groups is 2. The Bertz CT molecular complexity index is 381. The number of terminal acetylenes is 1. The average Bonchev–Trinajstić information content (AvgIpc) is 2.73. The first-order valence-corrected chi connectivity index (χ1v) is 7.42. The largest absolute Gasteiger partial charge is 0.480 e. The molecule has 2 amide bonds. The molecule has 0 aromatic carbocycles. The van der Waals surface area contributed by atoms with Crippen LogP contribution in [0.5, 0.6) is 0 Å². The number of thioether (sulfide) groups is 1. The van der Waals surface area contributed by atoms with Crippen molar-refractivity contribution in [1.29, 1.82) is 0 Å². The van der Waals surface area contributed by atoms with Gasteiger partial charge in [0, 0.05) is 18.2 Å². The molecule has 1 heterocycles. The molecule has 6 heteroatoms. The predicted molar refractivity (Wildman–Crippen MR) is 75.9 cm³/mol. The van der Waals surface area contributed by atoms with Crippen molar-refractivity contribution in [3.05, 3.63) is 0 Å². The van der Waals surface area contributed by atoms with Gasteiger partial charge in [0.05, 0.1) is 5.37 Å². The van der Waals surface area contributed by atoms with Crippen LogP contribution in [-0.4, -0.2) is 45.2 Å². The lowest BCUT2D eigenvalue weighted by Crippen LogP contribution is -2.52. The molecule has 1 aliphatic heterocycles. The van der Waals surface area contributed by atoms with E-state index in [0.29, 0.717) is 12.2 Å². The smallest absolute Gasteiger partial charge is 0.327 e. The van der Waals surface area contributed by atoms with Gasteiger partial charge in [-0.05, 0) is 13.3 Å². The second-order valence-electron chi connectivity index (χ2n) is 4.60. The van der Waals surface area contributed by atoms with Gasteiger partial charge < -0.3 is 10.4 Å². The summed E-state index contributed by atoms with van der Waals surface area (Å²) in [6.45, 7) is 3.83. The summed E-state index contributed by atoms with van der Waals surface area (Å²) in [6, 6.07) is -1.24. The number of nitrogens with one attached hydrogen (secondary N) is 1. The number of aliphatic carboxylic acids is 1. The van der Waals surface area contributed by atoms with Gasteiger partial charge in [-0.25, -0.2) is 9.59 Å². The minimum Gasteiger partial charge on any atom is -0.480 e. The van der Waals surface area contributed by atoms with Crippen LogP contribution < -0.4 is 5.32 Å². The number of urea groups is 1. The summed E-state index contributed by atoms with van der Waals surface area (Å²) in [4.78, 5) is 24.9. The SMILES string of the molecule is C#CCC(C)NC(=O)N1C(CCC)SCC1C(=O)O. The van der Waals surface area contributed by atoms with Gasteiger partial charge in [0.2, 0.25) is 0 Å². The third-order valence-electron chi connectivity index (χ3n) is 2.94. The first kappa shape index (κ1) is 15.7. The molecule has 0 aliphatic carbocycles. The molecule has 0 saturated carbocycles. The fourth-order valence-electron chi connectivity index (χ4n) is 2.01. The van der Waals surface area contributed by atoms with Crippen molar-refractivity contribution in [2.75, 3.05) is 5.75 Å². The zero-order valence-electron chi connectivity index (χ0n) is 11.3. The highest BCUT2D eigenvalue weighted by atomic mass is 32.2. The van der Waals surface area contributed by atoms with E-state index < -0.39 is 12.0 Å². The lowest BCUT2D eigenvalue weighted by Gasteiger charge is -2.28. The van der Waals surface area contributed by atoms with Crippen LogP contribution in [0.2, 0.25) is 0 Å².